The summed E-state index contributed by atoms with van der Waals surface area (Å²) in [4.78, 5) is 11.8. The van der Waals surface area contributed by atoms with E-state index < -0.39 is 17.5 Å². The van der Waals surface area contributed by atoms with Crippen molar-refractivity contribution >= 4 is 17.6 Å². The average molecular weight is 252 g/mol. The van der Waals surface area contributed by atoms with Crippen LogP contribution in [0.5, 0.6) is 0 Å². The van der Waals surface area contributed by atoms with Crippen molar-refractivity contribution in [3.05, 3.63) is 34.9 Å². The highest BCUT2D eigenvalue weighted by molar-refractivity contribution is 6.30. The highest BCUT2D eigenvalue weighted by Crippen LogP contribution is 2.22. The fourth-order valence-corrected chi connectivity index (χ4v) is 1.51. The van der Waals surface area contributed by atoms with Gasteiger partial charge in [-0.25, -0.2) is 0 Å². The second-order valence-corrected chi connectivity index (χ2v) is 5.09. The highest BCUT2D eigenvalue weighted by Gasteiger charge is 2.26. The van der Waals surface area contributed by atoms with Crippen LogP contribution in [-0.4, -0.2) is 11.6 Å². The molecular formula is C13H14ClNO2. The number of carbonyl (C=O) groups excluding carboxylic acids is 1. The number of ether oxygens (including phenoxy) is 1. The van der Waals surface area contributed by atoms with Gasteiger partial charge in [-0.15, -0.1) is 0 Å². The fraction of sp³-hybridized carbons (Fsp3) is 0.385. The first-order valence-electron chi connectivity index (χ1n) is 5.21. The fourth-order valence-electron chi connectivity index (χ4n) is 1.31. The molecule has 90 valence electrons. The molecule has 0 aromatic heterocycles. The van der Waals surface area contributed by atoms with Crippen LogP contribution in [0.4, 0.5) is 0 Å². The summed E-state index contributed by atoms with van der Waals surface area (Å²) in [5, 5.41) is 9.54. The van der Waals surface area contributed by atoms with Gasteiger partial charge in [0.1, 0.15) is 5.60 Å². The third-order valence-corrected chi connectivity index (χ3v) is 2.19. The van der Waals surface area contributed by atoms with Crippen molar-refractivity contribution in [3.8, 4) is 6.07 Å². The number of benzene rings is 1. The molecular weight excluding hydrogens is 238 g/mol. The number of rotatable bonds is 2. The van der Waals surface area contributed by atoms with Crippen LogP contribution in [0.1, 0.15) is 32.3 Å². The molecule has 0 radical (unpaired) electrons. The van der Waals surface area contributed by atoms with E-state index in [-0.39, 0.29) is 0 Å². The summed E-state index contributed by atoms with van der Waals surface area (Å²) in [6.45, 7) is 5.28. The van der Waals surface area contributed by atoms with E-state index in [1.165, 1.54) is 0 Å². The summed E-state index contributed by atoms with van der Waals surface area (Å²) < 4.78 is 5.18. The van der Waals surface area contributed by atoms with Crippen molar-refractivity contribution in [3.63, 3.8) is 0 Å². The van der Waals surface area contributed by atoms with Gasteiger partial charge >= 0.3 is 5.97 Å². The minimum Gasteiger partial charge on any atom is -0.459 e. The SMILES string of the molecule is CC(C)(C)OC(=O)C(C#N)c1cccc(Cl)c1. The van der Waals surface area contributed by atoms with Gasteiger partial charge in [0.25, 0.3) is 0 Å². The molecule has 3 nitrogen and oxygen atoms in total. The smallest absolute Gasteiger partial charge is 0.328 e. The predicted octanol–water partition coefficient (Wildman–Crippen LogP) is 3.29. The minimum atomic E-state index is -0.937. The Kier molecular flexibility index (Phi) is 4.14. The number of halogens is 1. The minimum absolute atomic E-state index is 0.492. The van der Waals surface area contributed by atoms with E-state index in [0.717, 1.165) is 0 Å². The van der Waals surface area contributed by atoms with Crippen LogP contribution in [0.2, 0.25) is 5.02 Å². The van der Waals surface area contributed by atoms with E-state index >= 15 is 0 Å². The van der Waals surface area contributed by atoms with Crippen LogP contribution in [0.3, 0.4) is 0 Å². The number of nitrogens with zero attached hydrogens (tertiary/aromatic N) is 1. The van der Waals surface area contributed by atoms with Gasteiger partial charge < -0.3 is 4.74 Å². The normalized spacial score (nSPS) is 12.6. The van der Waals surface area contributed by atoms with Gasteiger partial charge in [0.2, 0.25) is 0 Å². The van der Waals surface area contributed by atoms with Crippen molar-refractivity contribution in [1.29, 1.82) is 5.26 Å². The summed E-state index contributed by atoms with van der Waals surface area (Å²) >= 11 is 5.82. The monoisotopic (exact) mass is 251 g/mol. The number of hydrogen-bond acceptors (Lipinski definition) is 3. The van der Waals surface area contributed by atoms with E-state index in [1.807, 2.05) is 6.07 Å². The molecule has 1 aromatic carbocycles. The Bertz CT molecular complexity index is 457. The van der Waals surface area contributed by atoms with E-state index in [1.54, 1.807) is 45.0 Å². The molecule has 1 aromatic rings. The summed E-state index contributed by atoms with van der Waals surface area (Å²) in [6.07, 6.45) is 0. The topological polar surface area (TPSA) is 50.1 Å². The standard InChI is InChI=1S/C13H14ClNO2/c1-13(2,3)17-12(16)11(8-15)9-5-4-6-10(14)7-9/h4-7,11H,1-3H3. The van der Waals surface area contributed by atoms with Crippen molar-refractivity contribution in [2.45, 2.75) is 32.3 Å². The summed E-state index contributed by atoms with van der Waals surface area (Å²) in [7, 11) is 0. The average Bonchev–Trinajstić information content (AvgIpc) is 2.15. The first kappa shape index (κ1) is 13.5. The third-order valence-electron chi connectivity index (χ3n) is 1.95. The molecule has 17 heavy (non-hydrogen) atoms. The maximum Gasteiger partial charge on any atom is 0.328 e. The number of hydrogen-bond donors (Lipinski definition) is 0. The summed E-state index contributed by atoms with van der Waals surface area (Å²) in [6, 6.07) is 8.61. The lowest BCUT2D eigenvalue weighted by Gasteiger charge is -2.21. The second-order valence-electron chi connectivity index (χ2n) is 4.65. The van der Waals surface area contributed by atoms with E-state index in [4.69, 9.17) is 21.6 Å². The molecule has 0 aliphatic carbocycles. The molecule has 0 N–H and O–H groups in total. The molecule has 0 aliphatic heterocycles. The lowest BCUT2D eigenvalue weighted by Crippen LogP contribution is -2.27. The zero-order valence-corrected chi connectivity index (χ0v) is 10.8. The molecule has 0 saturated carbocycles. The van der Waals surface area contributed by atoms with Crippen molar-refractivity contribution in [2.75, 3.05) is 0 Å². The van der Waals surface area contributed by atoms with Crippen molar-refractivity contribution in [2.24, 2.45) is 0 Å². The molecule has 0 aliphatic rings. The molecule has 0 spiro atoms. The molecule has 0 fully saturated rings. The molecule has 1 rings (SSSR count). The van der Waals surface area contributed by atoms with Crippen LogP contribution in [0.15, 0.2) is 24.3 Å². The Morgan fingerprint density at radius 2 is 2.12 bits per heavy atom. The first-order chi connectivity index (χ1) is 7.83. The molecule has 1 atom stereocenters. The van der Waals surface area contributed by atoms with Gasteiger partial charge in [-0.2, -0.15) is 5.26 Å². The summed E-state index contributed by atoms with van der Waals surface area (Å²) in [5.74, 6) is -1.49. The Hall–Kier alpha value is -1.53. The molecule has 1 unspecified atom stereocenters. The highest BCUT2D eigenvalue weighted by atomic mass is 35.5. The molecule has 0 amide bonds. The largest absolute Gasteiger partial charge is 0.459 e. The number of carbonyl (C=O) groups is 1. The Balaban J connectivity index is 2.94. The number of esters is 1. The molecule has 0 bridgehead atoms. The maximum atomic E-state index is 11.8. The lowest BCUT2D eigenvalue weighted by atomic mass is 10.0. The molecule has 4 heteroatoms. The van der Waals surface area contributed by atoms with Crippen molar-refractivity contribution in [1.82, 2.24) is 0 Å². The van der Waals surface area contributed by atoms with E-state index in [0.29, 0.717) is 10.6 Å². The zero-order valence-electron chi connectivity index (χ0n) is 10.0. The Labute approximate surface area is 106 Å². The van der Waals surface area contributed by atoms with E-state index in [9.17, 15) is 4.79 Å². The van der Waals surface area contributed by atoms with Gasteiger partial charge in [-0.1, -0.05) is 23.7 Å². The first-order valence-corrected chi connectivity index (χ1v) is 5.59. The third kappa shape index (κ3) is 4.08. The quantitative estimate of drug-likeness (QED) is 0.758. The van der Waals surface area contributed by atoms with Crippen LogP contribution in [0.25, 0.3) is 0 Å². The molecule has 0 saturated heterocycles. The maximum absolute atomic E-state index is 11.8. The van der Waals surface area contributed by atoms with Crippen LogP contribution < -0.4 is 0 Å². The van der Waals surface area contributed by atoms with Gasteiger partial charge in [-0.05, 0) is 38.5 Å². The summed E-state index contributed by atoms with van der Waals surface area (Å²) in [5.41, 5.74) is -0.0562. The lowest BCUT2D eigenvalue weighted by molar-refractivity contribution is -0.155. The zero-order chi connectivity index (χ0) is 13.1. The second kappa shape index (κ2) is 5.20. The van der Waals surface area contributed by atoms with Gasteiger partial charge in [-0.3, -0.25) is 4.79 Å². The number of nitriles is 1. The van der Waals surface area contributed by atoms with Gasteiger partial charge in [0, 0.05) is 5.02 Å². The van der Waals surface area contributed by atoms with Gasteiger partial charge in [0.05, 0.1) is 6.07 Å². The van der Waals surface area contributed by atoms with Crippen LogP contribution in [0, 0.1) is 11.3 Å². The van der Waals surface area contributed by atoms with Gasteiger partial charge in [0.15, 0.2) is 5.92 Å². The van der Waals surface area contributed by atoms with E-state index in [2.05, 4.69) is 0 Å². The predicted molar refractivity (Wildman–Crippen MR) is 65.7 cm³/mol. The Morgan fingerprint density at radius 1 is 1.47 bits per heavy atom. The molecule has 0 heterocycles. The van der Waals surface area contributed by atoms with Crippen LogP contribution >= 0.6 is 11.6 Å². The Morgan fingerprint density at radius 3 is 2.59 bits per heavy atom. The van der Waals surface area contributed by atoms with Crippen LogP contribution in [-0.2, 0) is 9.53 Å². The van der Waals surface area contributed by atoms with Crippen molar-refractivity contribution < 1.29 is 9.53 Å².